The summed E-state index contributed by atoms with van der Waals surface area (Å²) in [4.78, 5) is 11.1. The molecule has 0 radical (unpaired) electrons. The molecular weight excluding hydrogens is 541 g/mol. The second kappa shape index (κ2) is 11.1. The van der Waals surface area contributed by atoms with Gasteiger partial charge in [-0.3, -0.25) is 0 Å². The van der Waals surface area contributed by atoms with Crippen molar-refractivity contribution >= 4 is 62.4 Å². The van der Waals surface area contributed by atoms with Crippen LogP contribution in [0.3, 0.4) is 0 Å². The first-order valence-corrected chi connectivity index (χ1v) is 11.5. The molecule has 5 nitrogen and oxygen atoms in total. The third-order valence-corrected chi connectivity index (χ3v) is 6.13. The lowest BCUT2D eigenvalue weighted by Crippen LogP contribution is -2.05. The summed E-state index contributed by atoms with van der Waals surface area (Å²) in [6.07, 6.45) is 0. The van der Waals surface area contributed by atoms with Gasteiger partial charge in [0.15, 0.2) is 11.5 Å². The zero-order valence-electron chi connectivity index (χ0n) is 16.9. The van der Waals surface area contributed by atoms with Gasteiger partial charge in [-0.15, -0.1) is 0 Å². The smallest absolute Gasteiger partial charge is 0.337 e. The number of hydrogen-bond donors (Lipinski definition) is 2. The summed E-state index contributed by atoms with van der Waals surface area (Å²) in [6, 6.07) is 13.7. The lowest BCUT2D eigenvalue weighted by Gasteiger charge is -2.16. The Hall–Kier alpha value is -2.12. The molecule has 2 N–H and O–H groups in total. The summed E-state index contributed by atoms with van der Waals surface area (Å²) < 4.78 is 12.6. The number of benzene rings is 3. The van der Waals surface area contributed by atoms with Gasteiger partial charge in [0.1, 0.15) is 6.61 Å². The second-order valence-electron chi connectivity index (χ2n) is 6.70. The fourth-order valence-corrected chi connectivity index (χ4v) is 4.07. The van der Waals surface area contributed by atoms with E-state index in [9.17, 15) is 4.79 Å². The van der Waals surface area contributed by atoms with Crippen molar-refractivity contribution in [2.45, 2.75) is 20.1 Å². The highest BCUT2D eigenvalue weighted by molar-refractivity contribution is 9.10. The molecule has 168 valence electrons. The zero-order valence-corrected chi connectivity index (χ0v) is 20.8. The maximum absolute atomic E-state index is 11.1. The number of ether oxygens (including phenoxy) is 2. The van der Waals surface area contributed by atoms with E-state index in [1.165, 1.54) is 6.07 Å². The van der Waals surface area contributed by atoms with Gasteiger partial charge in [0.05, 0.1) is 17.2 Å². The molecule has 3 aromatic rings. The molecular formula is C23H19BrCl3NO4. The summed E-state index contributed by atoms with van der Waals surface area (Å²) in [5.41, 5.74) is 2.48. The minimum Gasteiger partial charge on any atom is -0.490 e. The lowest BCUT2D eigenvalue weighted by atomic mass is 10.1. The fraction of sp³-hybridized carbons (Fsp3) is 0.174. The second-order valence-corrected chi connectivity index (χ2v) is 8.81. The predicted molar refractivity (Wildman–Crippen MR) is 132 cm³/mol. The molecule has 0 fully saturated rings. The van der Waals surface area contributed by atoms with Crippen molar-refractivity contribution < 1.29 is 19.4 Å². The van der Waals surface area contributed by atoms with Crippen molar-refractivity contribution in [1.82, 2.24) is 0 Å². The first kappa shape index (κ1) is 24.5. The van der Waals surface area contributed by atoms with Crippen molar-refractivity contribution in [2.75, 3.05) is 11.9 Å². The average molecular weight is 560 g/mol. The highest BCUT2D eigenvalue weighted by atomic mass is 79.9. The third kappa shape index (κ3) is 6.23. The molecule has 0 aromatic heterocycles. The molecule has 0 saturated carbocycles. The van der Waals surface area contributed by atoms with E-state index >= 15 is 0 Å². The first-order chi connectivity index (χ1) is 15.3. The first-order valence-electron chi connectivity index (χ1n) is 9.57. The molecule has 0 aliphatic carbocycles. The molecule has 32 heavy (non-hydrogen) atoms. The Morgan fingerprint density at radius 3 is 2.38 bits per heavy atom. The fourth-order valence-electron chi connectivity index (χ4n) is 2.88. The minimum atomic E-state index is -1.07. The van der Waals surface area contributed by atoms with Crippen LogP contribution in [0.5, 0.6) is 11.5 Å². The largest absolute Gasteiger partial charge is 0.490 e. The van der Waals surface area contributed by atoms with Crippen LogP contribution in [0.4, 0.5) is 5.69 Å². The van der Waals surface area contributed by atoms with E-state index in [1.807, 2.05) is 25.1 Å². The van der Waals surface area contributed by atoms with Crippen LogP contribution in [0.2, 0.25) is 15.1 Å². The number of nitrogens with one attached hydrogen (secondary N) is 1. The van der Waals surface area contributed by atoms with Gasteiger partial charge in [-0.05, 0) is 55.0 Å². The SMILES string of the molecule is CCOc1cc(CNc2ccc(C(=O)O)c(Cl)c2)c(Br)cc1OCc1ccc(Cl)cc1Cl. The third-order valence-electron chi connectivity index (χ3n) is 4.49. The molecule has 0 unspecified atom stereocenters. The minimum absolute atomic E-state index is 0.0549. The van der Waals surface area contributed by atoms with E-state index in [0.29, 0.717) is 40.4 Å². The molecule has 0 heterocycles. The van der Waals surface area contributed by atoms with Gasteiger partial charge >= 0.3 is 5.97 Å². The Kier molecular flexibility index (Phi) is 8.54. The van der Waals surface area contributed by atoms with Gasteiger partial charge in [-0.25, -0.2) is 4.79 Å². The molecule has 0 bridgehead atoms. The Balaban J connectivity index is 1.76. The predicted octanol–water partition coefficient (Wildman–Crippen LogP) is 7.70. The number of carbonyl (C=O) groups is 1. The lowest BCUT2D eigenvalue weighted by molar-refractivity contribution is 0.0697. The Labute approximate surface area is 209 Å². The van der Waals surface area contributed by atoms with Crippen molar-refractivity contribution in [3.63, 3.8) is 0 Å². The van der Waals surface area contributed by atoms with Crippen LogP contribution in [-0.4, -0.2) is 17.7 Å². The normalized spacial score (nSPS) is 10.7. The molecule has 0 atom stereocenters. The van der Waals surface area contributed by atoms with Crippen LogP contribution in [0, 0.1) is 0 Å². The highest BCUT2D eigenvalue weighted by Gasteiger charge is 2.13. The number of halogens is 4. The van der Waals surface area contributed by atoms with E-state index in [4.69, 9.17) is 49.4 Å². The van der Waals surface area contributed by atoms with Gasteiger partial charge in [0, 0.05) is 32.3 Å². The Morgan fingerprint density at radius 1 is 0.969 bits per heavy atom. The van der Waals surface area contributed by atoms with Crippen molar-refractivity contribution in [2.24, 2.45) is 0 Å². The number of aromatic carboxylic acids is 1. The Bertz CT molecular complexity index is 1140. The number of anilines is 1. The van der Waals surface area contributed by atoms with Crippen molar-refractivity contribution in [3.05, 3.63) is 84.8 Å². The van der Waals surface area contributed by atoms with Gasteiger partial charge in [-0.1, -0.05) is 56.8 Å². The van der Waals surface area contributed by atoms with Crippen LogP contribution in [-0.2, 0) is 13.2 Å². The molecule has 3 rings (SSSR count). The maximum atomic E-state index is 11.1. The molecule has 3 aromatic carbocycles. The van der Waals surface area contributed by atoms with Crippen LogP contribution in [0.1, 0.15) is 28.4 Å². The summed E-state index contributed by atoms with van der Waals surface area (Å²) in [7, 11) is 0. The Morgan fingerprint density at radius 2 is 1.72 bits per heavy atom. The maximum Gasteiger partial charge on any atom is 0.337 e. The monoisotopic (exact) mass is 557 g/mol. The van der Waals surface area contributed by atoms with E-state index in [2.05, 4.69) is 21.2 Å². The molecule has 0 saturated heterocycles. The topological polar surface area (TPSA) is 67.8 Å². The average Bonchev–Trinajstić information content (AvgIpc) is 2.73. The summed E-state index contributed by atoms with van der Waals surface area (Å²) in [5, 5.41) is 13.6. The number of rotatable bonds is 9. The molecule has 9 heteroatoms. The van der Waals surface area contributed by atoms with Crippen molar-refractivity contribution in [3.8, 4) is 11.5 Å². The van der Waals surface area contributed by atoms with Gasteiger partial charge < -0.3 is 19.9 Å². The highest BCUT2D eigenvalue weighted by Crippen LogP contribution is 2.35. The number of carboxylic acid groups (broad SMARTS) is 1. The summed E-state index contributed by atoms with van der Waals surface area (Å²) in [5.74, 6) is 0.0975. The molecule has 0 aliphatic rings. The van der Waals surface area contributed by atoms with Crippen molar-refractivity contribution in [1.29, 1.82) is 0 Å². The van der Waals surface area contributed by atoms with Crippen LogP contribution in [0.15, 0.2) is 53.0 Å². The quantitative estimate of drug-likeness (QED) is 0.281. The van der Waals surface area contributed by atoms with E-state index in [1.54, 1.807) is 24.3 Å². The van der Waals surface area contributed by atoms with E-state index in [-0.39, 0.29) is 17.2 Å². The summed E-state index contributed by atoms with van der Waals surface area (Å²) in [6.45, 7) is 3.08. The van der Waals surface area contributed by atoms with Gasteiger partial charge in [-0.2, -0.15) is 0 Å². The van der Waals surface area contributed by atoms with Crippen LogP contribution in [0.25, 0.3) is 0 Å². The number of carboxylic acids is 1. The van der Waals surface area contributed by atoms with Gasteiger partial charge in [0.25, 0.3) is 0 Å². The standard InChI is InChI=1S/C23H19BrCl3NO4/c1-2-31-21-7-14(11-28-16-5-6-17(23(29)30)20(27)9-16)18(24)10-22(21)32-12-13-3-4-15(25)8-19(13)26/h3-10,28H,2,11-12H2,1H3,(H,29,30). The summed E-state index contributed by atoms with van der Waals surface area (Å²) >= 11 is 21.8. The van der Waals surface area contributed by atoms with Gasteiger partial charge in [0.2, 0.25) is 0 Å². The van der Waals surface area contributed by atoms with Crippen LogP contribution < -0.4 is 14.8 Å². The van der Waals surface area contributed by atoms with Crippen LogP contribution >= 0.6 is 50.7 Å². The number of hydrogen-bond acceptors (Lipinski definition) is 4. The molecule has 0 spiro atoms. The van der Waals surface area contributed by atoms with E-state index < -0.39 is 5.97 Å². The zero-order chi connectivity index (χ0) is 23.3. The van der Waals surface area contributed by atoms with E-state index in [0.717, 1.165) is 15.6 Å². The molecule has 0 aliphatic heterocycles. The molecule has 0 amide bonds.